The van der Waals surface area contributed by atoms with E-state index in [1.54, 1.807) is 6.07 Å². The summed E-state index contributed by atoms with van der Waals surface area (Å²) in [6, 6.07) is 11.6. The number of benzene rings is 2. The Morgan fingerprint density at radius 3 is 2.65 bits per heavy atom. The van der Waals surface area contributed by atoms with E-state index in [2.05, 4.69) is 6.07 Å². The van der Waals surface area contributed by atoms with E-state index in [4.69, 9.17) is 5.73 Å². The molecule has 2 nitrogen and oxygen atoms in total. The van der Waals surface area contributed by atoms with Gasteiger partial charge in [0.1, 0.15) is 0 Å². The number of nitrogen functional groups attached to an aromatic ring is 1. The minimum Gasteiger partial charge on any atom is -0.399 e. The zero-order valence-electron chi connectivity index (χ0n) is 9.66. The van der Waals surface area contributed by atoms with Crippen LogP contribution in [0.2, 0.25) is 0 Å². The van der Waals surface area contributed by atoms with Gasteiger partial charge >= 0.3 is 0 Å². The predicted molar refractivity (Wildman–Crippen MR) is 68.3 cm³/mol. The summed E-state index contributed by atoms with van der Waals surface area (Å²) in [6.45, 7) is 2.04. The van der Waals surface area contributed by atoms with Crippen LogP contribution in [0.15, 0.2) is 36.4 Å². The number of rotatable bonds is 0. The van der Waals surface area contributed by atoms with Gasteiger partial charge in [-0.05, 0) is 36.6 Å². The van der Waals surface area contributed by atoms with E-state index in [0.717, 1.165) is 28.7 Å². The van der Waals surface area contributed by atoms with E-state index in [1.165, 1.54) is 5.56 Å². The number of fused-ring (bicyclic) bond motifs is 2. The molecule has 0 saturated heterocycles. The average Bonchev–Trinajstić information content (AvgIpc) is 2.30. The van der Waals surface area contributed by atoms with Gasteiger partial charge in [0.2, 0.25) is 0 Å². The molecular formula is C15H13NO. The lowest BCUT2D eigenvalue weighted by Gasteiger charge is -2.19. The van der Waals surface area contributed by atoms with Crippen molar-refractivity contribution in [1.29, 1.82) is 0 Å². The van der Waals surface area contributed by atoms with Crippen molar-refractivity contribution in [3.8, 4) is 0 Å². The molecule has 2 N–H and O–H groups in total. The molecular weight excluding hydrogens is 210 g/mol. The number of anilines is 1. The minimum absolute atomic E-state index is 0.0913. The largest absolute Gasteiger partial charge is 0.399 e. The van der Waals surface area contributed by atoms with E-state index in [1.807, 2.05) is 31.2 Å². The summed E-state index contributed by atoms with van der Waals surface area (Å²) in [5, 5.41) is 0. The first-order valence-electron chi connectivity index (χ1n) is 5.68. The molecule has 0 heterocycles. The van der Waals surface area contributed by atoms with Crippen LogP contribution in [-0.2, 0) is 6.42 Å². The van der Waals surface area contributed by atoms with Gasteiger partial charge in [0.05, 0.1) is 0 Å². The Bertz CT molecular complexity index is 629. The smallest absolute Gasteiger partial charge is 0.193 e. The first-order chi connectivity index (χ1) is 8.15. The summed E-state index contributed by atoms with van der Waals surface area (Å²) >= 11 is 0. The highest BCUT2D eigenvalue weighted by molar-refractivity contribution is 6.12. The highest BCUT2D eigenvalue weighted by Crippen LogP contribution is 2.28. The number of hydrogen-bond donors (Lipinski definition) is 1. The zero-order chi connectivity index (χ0) is 12.0. The fraction of sp³-hybridized carbons (Fsp3) is 0.133. The second kappa shape index (κ2) is 3.45. The van der Waals surface area contributed by atoms with Gasteiger partial charge in [0, 0.05) is 16.8 Å². The van der Waals surface area contributed by atoms with Crippen molar-refractivity contribution in [1.82, 2.24) is 0 Å². The van der Waals surface area contributed by atoms with E-state index < -0.39 is 0 Å². The Morgan fingerprint density at radius 2 is 1.82 bits per heavy atom. The van der Waals surface area contributed by atoms with Crippen LogP contribution >= 0.6 is 0 Å². The van der Waals surface area contributed by atoms with Gasteiger partial charge < -0.3 is 5.73 Å². The standard InChI is InChI=1S/C15H13NO/c1-9-2-5-13-11(6-9)7-10-3-4-12(16)8-14(10)15(13)17/h2-6,8H,7,16H2,1H3. The normalized spacial score (nSPS) is 13.1. The molecule has 0 saturated carbocycles. The number of carbonyl (C=O) groups excluding carboxylic acids is 1. The van der Waals surface area contributed by atoms with Gasteiger partial charge in [0.15, 0.2) is 5.78 Å². The summed E-state index contributed by atoms with van der Waals surface area (Å²) in [6.07, 6.45) is 0.818. The molecule has 1 aliphatic carbocycles. The second-order valence-electron chi connectivity index (χ2n) is 4.58. The predicted octanol–water partition coefficient (Wildman–Crippen LogP) is 2.71. The molecule has 2 aromatic rings. The monoisotopic (exact) mass is 223 g/mol. The van der Waals surface area contributed by atoms with Gasteiger partial charge in [-0.25, -0.2) is 0 Å². The van der Waals surface area contributed by atoms with E-state index >= 15 is 0 Å². The Kier molecular flexibility index (Phi) is 2.05. The molecule has 0 spiro atoms. The van der Waals surface area contributed by atoms with E-state index in [9.17, 15) is 4.79 Å². The number of aryl methyl sites for hydroxylation is 1. The molecule has 2 heteroatoms. The quantitative estimate of drug-likeness (QED) is 0.595. The third kappa shape index (κ3) is 1.53. The van der Waals surface area contributed by atoms with Crippen molar-refractivity contribution in [2.75, 3.05) is 5.73 Å². The fourth-order valence-corrected chi connectivity index (χ4v) is 2.40. The first kappa shape index (κ1) is 10.1. The van der Waals surface area contributed by atoms with Crippen LogP contribution in [0.5, 0.6) is 0 Å². The van der Waals surface area contributed by atoms with Crippen LogP contribution in [0.3, 0.4) is 0 Å². The zero-order valence-corrected chi connectivity index (χ0v) is 9.66. The van der Waals surface area contributed by atoms with Crippen LogP contribution in [0, 0.1) is 6.92 Å². The van der Waals surface area contributed by atoms with Crippen molar-refractivity contribution in [3.05, 3.63) is 64.2 Å². The summed E-state index contributed by atoms with van der Waals surface area (Å²) in [7, 11) is 0. The van der Waals surface area contributed by atoms with Crippen LogP contribution in [-0.4, -0.2) is 5.78 Å². The average molecular weight is 223 g/mol. The SMILES string of the molecule is Cc1ccc2c(c1)Cc1ccc(N)cc1C2=O. The molecule has 0 fully saturated rings. The maximum Gasteiger partial charge on any atom is 0.193 e. The molecule has 0 unspecified atom stereocenters. The Labute approximate surface area is 100 Å². The number of carbonyl (C=O) groups is 1. The van der Waals surface area contributed by atoms with Crippen LogP contribution in [0.25, 0.3) is 0 Å². The molecule has 0 bridgehead atoms. The molecule has 0 radical (unpaired) electrons. The summed E-state index contributed by atoms with van der Waals surface area (Å²) < 4.78 is 0. The molecule has 0 amide bonds. The van der Waals surface area contributed by atoms with Gasteiger partial charge in [-0.1, -0.05) is 29.8 Å². The molecule has 2 aromatic carbocycles. The molecule has 84 valence electrons. The Morgan fingerprint density at radius 1 is 1.00 bits per heavy atom. The van der Waals surface area contributed by atoms with Crippen LogP contribution in [0.1, 0.15) is 32.6 Å². The highest BCUT2D eigenvalue weighted by atomic mass is 16.1. The van der Waals surface area contributed by atoms with Gasteiger partial charge in [-0.2, -0.15) is 0 Å². The maximum absolute atomic E-state index is 12.3. The van der Waals surface area contributed by atoms with Crippen LogP contribution in [0.4, 0.5) is 5.69 Å². The van der Waals surface area contributed by atoms with Crippen molar-refractivity contribution in [2.45, 2.75) is 13.3 Å². The van der Waals surface area contributed by atoms with Crippen molar-refractivity contribution in [3.63, 3.8) is 0 Å². The maximum atomic E-state index is 12.3. The summed E-state index contributed by atoms with van der Waals surface area (Å²) in [5.74, 6) is 0.0913. The van der Waals surface area contributed by atoms with Crippen molar-refractivity contribution in [2.24, 2.45) is 0 Å². The lowest BCUT2D eigenvalue weighted by atomic mass is 9.84. The fourth-order valence-electron chi connectivity index (χ4n) is 2.40. The molecule has 17 heavy (non-hydrogen) atoms. The Balaban J connectivity index is 2.21. The summed E-state index contributed by atoms with van der Waals surface area (Å²) in [5.41, 5.74) is 11.3. The van der Waals surface area contributed by atoms with E-state index in [0.29, 0.717) is 5.69 Å². The van der Waals surface area contributed by atoms with Gasteiger partial charge in [-0.3, -0.25) is 4.79 Å². The number of nitrogens with two attached hydrogens (primary N) is 1. The van der Waals surface area contributed by atoms with Crippen LogP contribution < -0.4 is 5.73 Å². The van der Waals surface area contributed by atoms with Gasteiger partial charge in [0.25, 0.3) is 0 Å². The lowest BCUT2D eigenvalue weighted by Crippen LogP contribution is -2.15. The third-order valence-electron chi connectivity index (χ3n) is 3.26. The molecule has 0 atom stereocenters. The molecule has 3 rings (SSSR count). The molecule has 1 aliphatic rings. The number of ketones is 1. The first-order valence-corrected chi connectivity index (χ1v) is 5.68. The lowest BCUT2D eigenvalue weighted by molar-refractivity contribution is 0.103. The van der Waals surface area contributed by atoms with Gasteiger partial charge in [-0.15, -0.1) is 0 Å². The number of hydrogen-bond acceptors (Lipinski definition) is 2. The minimum atomic E-state index is 0.0913. The molecule has 0 aromatic heterocycles. The molecule has 0 aliphatic heterocycles. The van der Waals surface area contributed by atoms with Crippen molar-refractivity contribution < 1.29 is 4.79 Å². The topological polar surface area (TPSA) is 43.1 Å². The highest BCUT2D eigenvalue weighted by Gasteiger charge is 2.22. The third-order valence-corrected chi connectivity index (χ3v) is 3.26. The second-order valence-corrected chi connectivity index (χ2v) is 4.58. The van der Waals surface area contributed by atoms with Crippen molar-refractivity contribution >= 4 is 11.5 Å². The van der Waals surface area contributed by atoms with E-state index in [-0.39, 0.29) is 5.78 Å². The summed E-state index contributed by atoms with van der Waals surface area (Å²) in [4.78, 5) is 12.3. The Hall–Kier alpha value is -2.09.